The monoisotopic (exact) mass is 372 g/mol. The topological polar surface area (TPSA) is 86.7 Å². The Hall–Kier alpha value is -1.05. The van der Waals surface area contributed by atoms with Crippen molar-refractivity contribution in [3.8, 4) is 17.2 Å². The first-order valence-electron chi connectivity index (χ1n) is 7.96. The number of ether oxygens (including phenoxy) is 1. The molecule has 5 nitrogen and oxygen atoms in total. The molecule has 0 saturated carbocycles. The second kappa shape index (κ2) is 10.2. The van der Waals surface area contributed by atoms with E-state index in [0.29, 0.717) is 17.7 Å². The molecule has 130 valence electrons. The van der Waals surface area contributed by atoms with E-state index in [1.807, 2.05) is 0 Å². The molecule has 2 aromatic carbocycles. The van der Waals surface area contributed by atoms with Crippen LogP contribution in [0.1, 0.15) is 38.2 Å². The zero-order valence-electron chi connectivity index (χ0n) is 14.6. The molecule has 0 spiro atoms. The fourth-order valence-electron chi connectivity index (χ4n) is 2.48. The van der Waals surface area contributed by atoms with Gasteiger partial charge in [0.25, 0.3) is 10.1 Å². The second-order valence-electron chi connectivity index (χ2n) is 5.57. The molecule has 1 N–H and O–H groups in total. The summed E-state index contributed by atoms with van der Waals surface area (Å²) in [7, 11) is -4.40. The standard InChI is InChI=1S/C18H22O5S.Na/c1-2-3-4-5-9-14-15(19)10-8-12-16(14)23-17-11-6-7-13-18(17)24(20,21)22;/h6-8,10-13,19H,2-5,9H2,1H3,(H,20,21,22);/q;+1/p-1. The molecule has 0 fully saturated rings. The molecule has 2 aromatic rings. The molecule has 0 amide bonds. The van der Waals surface area contributed by atoms with E-state index in [4.69, 9.17) is 4.74 Å². The molecular weight excluding hydrogens is 351 g/mol. The Labute approximate surface area is 171 Å². The maximum absolute atomic E-state index is 12.1. The first-order valence-corrected chi connectivity index (χ1v) is 9.40. The van der Waals surface area contributed by atoms with Gasteiger partial charge in [-0.2, -0.15) is 8.42 Å². The van der Waals surface area contributed by atoms with Crippen LogP contribution in [-0.4, -0.2) is 13.0 Å². The van der Waals surface area contributed by atoms with Crippen LogP contribution in [0.25, 0.3) is 0 Å². The second-order valence-corrected chi connectivity index (χ2v) is 6.96. The van der Waals surface area contributed by atoms with Crippen LogP contribution in [0.2, 0.25) is 0 Å². The third kappa shape index (κ3) is 6.31. The SMILES string of the molecule is CCCCCCc1c([O-])cccc1Oc1ccccc1S(=O)(=O)O.[Na+]. The fraction of sp³-hybridized carbons (Fsp3) is 0.333. The Kier molecular flexibility index (Phi) is 8.96. The molecule has 7 heteroatoms. The van der Waals surface area contributed by atoms with Crippen LogP contribution in [0.4, 0.5) is 0 Å². The van der Waals surface area contributed by atoms with E-state index >= 15 is 0 Å². The number of unbranched alkanes of at least 4 members (excludes halogenated alkanes) is 3. The molecule has 0 heterocycles. The van der Waals surface area contributed by atoms with Crippen LogP contribution >= 0.6 is 0 Å². The van der Waals surface area contributed by atoms with Crippen LogP contribution < -0.4 is 39.4 Å². The quantitative estimate of drug-likeness (QED) is 0.423. The molecular formula is C18H21NaO5S. The van der Waals surface area contributed by atoms with E-state index in [-0.39, 0.29) is 46.0 Å². The summed E-state index contributed by atoms with van der Waals surface area (Å²) in [6.45, 7) is 2.11. The molecule has 0 bridgehead atoms. The first kappa shape index (κ1) is 22.0. The Morgan fingerprint density at radius 1 is 1.00 bits per heavy atom. The molecule has 0 radical (unpaired) electrons. The van der Waals surface area contributed by atoms with Gasteiger partial charge in [-0.25, -0.2) is 0 Å². The summed E-state index contributed by atoms with van der Waals surface area (Å²) >= 11 is 0. The van der Waals surface area contributed by atoms with Gasteiger partial charge in [0.1, 0.15) is 16.4 Å². The van der Waals surface area contributed by atoms with Crippen molar-refractivity contribution in [2.75, 3.05) is 0 Å². The van der Waals surface area contributed by atoms with Gasteiger partial charge in [-0.1, -0.05) is 50.5 Å². The van der Waals surface area contributed by atoms with Crippen molar-refractivity contribution in [1.82, 2.24) is 0 Å². The zero-order valence-corrected chi connectivity index (χ0v) is 17.4. The molecule has 25 heavy (non-hydrogen) atoms. The summed E-state index contributed by atoms with van der Waals surface area (Å²) in [4.78, 5) is -0.321. The summed E-state index contributed by atoms with van der Waals surface area (Å²) in [5.74, 6) is 0.198. The van der Waals surface area contributed by atoms with Gasteiger partial charge in [-0.3, -0.25) is 4.55 Å². The number of rotatable bonds is 8. The molecule has 2 rings (SSSR count). The van der Waals surface area contributed by atoms with Crippen molar-refractivity contribution in [3.05, 3.63) is 48.0 Å². The van der Waals surface area contributed by atoms with E-state index in [0.717, 1.165) is 25.7 Å². The Bertz CT molecular complexity index is 790. The van der Waals surface area contributed by atoms with Gasteiger partial charge in [0.05, 0.1) is 0 Å². The maximum Gasteiger partial charge on any atom is 1.00 e. The molecule has 0 unspecified atom stereocenters. The molecule has 0 atom stereocenters. The fourth-order valence-corrected chi connectivity index (χ4v) is 3.10. The minimum absolute atomic E-state index is 0. The van der Waals surface area contributed by atoms with Crippen LogP contribution in [0, 0.1) is 0 Å². The van der Waals surface area contributed by atoms with E-state index in [1.54, 1.807) is 18.2 Å². The molecule has 0 aromatic heterocycles. The zero-order chi connectivity index (χ0) is 17.6. The molecule has 0 aliphatic heterocycles. The molecule has 0 saturated heterocycles. The van der Waals surface area contributed by atoms with Crippen molar-refractivity contribution < 1.29 is 52.4 Å². The molecule has 0 aliphatic rings. The van der Waals surface area contributed by atoms with Crippen molar-refractivity contribution >= 4 is 10.1 Å². The van der Waals surface area contributed by atoms with Gasteiger partial charge >= 0.3 is 29.6 Å². The van der Waals surface area contributed by atoms with Crippen molar-refractivity contribution in [1.29, 1.82) is 0 Å². The largest absolute Gasteiger partial charge is 1.00 e. The summed E-state index contributed by atoms with van der Waals surface area (Å²) < 4.78 is 37.9. The van der Waals surface area contributed by atoms with Crippen LogP contribution in [0.15, 0.2) is 47.4 Å². The summed E-state index contributed by atoms with van der Waals surface area (Å²) in [5, 5.41) is 12.1. The van der Waals surface area contributed by atoms with E-state index in [9.17, 15) is 18.1 Å². The van der Waals surface area contributed by atoms with Crippen LogP contribution in [-0.2, 0) is 16.5 Å². The predicted molar refractivity (Wildman–Crippen MR) is 90.1 cm³/mol. The number of para-hydroxylation sites is 1. The Morgan fingerprint density at radius 3 is 2.36 bits per heavy atom. The molecule has 0 aliphatic carbocycles. The maximum atomic E-state index is 12.1. The number of hydrogen-bond donors (Lipinski definition) is 1. The average Bonchev–Trinajstić information content (AvgIpc) is 2.53. The smallest absolute Gasteiger partial charge is 0.872 e. The summed E-state index contributed by atoms with van der Waals surface area (Å²) in [6, 6.07) is 10.5. The number of benzene rings is 2. The third-order valence-corrected chi connectivity index (χ3v) is 4.61. The van der Waals surface area contributed by atoms with Gasteiger partial charge in [0.15, 0.2) is 0 Å². The normalized spacial score (nSPS) is 11.0. The third-order valence-electron chi connectivity index (χ3n) is 3.72. The van der Waals surface area contributed by atoms with Gasteiger partial charge < -0.3 is 9.84 Å². The van der Waals surface area contributed by atoms with Crippen molar-refractivity contribution in [2.24, 2.45) is 0 Å². The van der Waals surface area contributed by atoms with E-state index in [1.165, 1.54) is 24.3 Å². The minimum Gasteiger partial charge on any atom is -0.872 e. The van der Waals surface area contributed by atoms with Crippen LogP contribution in [0.5, 0.6) is 17.2 Å². The van der Waals surface area contributed by atoms with Gasteiger partial charge in [-0.05, 0) is 36.6 Å². The van der Waals surface area contributed by atoms with Gasteiger partial charge in [0.2, 0.25) is 0 Å². The van der Waals surface area contributed by atoms with E-state index in [2.05, 4.69) is 6.92 Å². The average molecular weight is 372 g/mol. The summed E-state index contributed by atoms with van der Waals surface area (Å²) in [5.41, 5.74) is 0.527. The van der Waals surface area contributed by atoms with E-state index < -0.39 is 10.1 Å². The van der Waals surface area contributed by atoms with Gasteiger partial charge in [0, 0.05) is 0 Å². The summed E-state index contributed by atoms with van der Waals surface area (Å²) in [6.07, 6.45) is 4.66. The van der Waals surface area contributed by atoms with Gasteiger partial charge in [-0.15, -0.1) is 5.75 Å². The first-order chi connectivity index (χ1) is 11.4. The number of hydrogen-bond acceptors (Lipinski definition) is 4. The minimum atomic E-state index is -4.40. The van der Waals surface area contributed by atoms with Crippen molar-refractivity contribution in [3.63, 3.8) is 0 Å². The Morgan fingerprint density at radius 2 is 1.68 bits per heavy atom. The van der Waals surface area contributed by atoms with Crippen LogP contribution in [0.3, 0.4) is 0 Å². The predicted octanol–water partition coefficient (Wildman–Crippen LogP) is 0.926. The van der Waals surface area contributed by atoms with Crippen molar-refractivity contribution in [2.45, 2.75) is 43.9 Å². The Balaban J connectivity index is 0.00000312.